The van der Waals surface area contributed by atoms with Crippen LogP contribution in [0.2, 0.25) is 0 Å². The van der Waals surface area contributed by atoms with Gasteiger partial charge < -0.3 is 10.2 Å². The van der Waals surface area contributed by atoms with Crippen LogP contribution in [0.25, 0.3) is 11.1 Å². The molecule has 4 nitrogen and oxygen atoms in total. The third kappa shape index (κ3) is 4.77. The van der Waals surface area contributed by atoms with Gasteiger partial charge in [0.25, 0.3) is 0 Å². The minimum Gasteiger partial charge on any atom is -0.355 e. The van der Waals surface area contributed by atoms with Crippen LogP contribution in [-0.4, -0.2) is 24.9 Å². The Labute approximate surface area is 177 Å². The van der Waals surface area contributed by atoms with Crippen molar-refractivity contribution >= 4 is 17.5 Å². The van der Waals surface area contributed by atoms with Gasteiger partial charge in [-0.25, -0.2) is 0 Å². The van der Waals surface area contributed by atoms with Gasteiger partial charge in [-0.2, -0.15) is 0 Å². The largest absolute Gasteiger partial charge is 0.355 e. The third-order valence-corrected chi connectivity index (χ3v) is 5.56. The summed E-state index contributed by atoms with van der Waals surface area (Å²) in [6.45, 7) is 3.20. The minimum absolute atomic E-state index is 0.0105. The van der Waals surface area contributed by atoms with Crippen molar-refractivity contribution in [2.24, 2.45) is 5.92 Å². The van der Waals surface area contributed by atoms with Crippen molar-refractivity contribution in [1.29, 1.82) is 0 Å². The first-order valence-corrected chi connectivity index (χ1v) is 10.4. The van der Waals surface area contributed by atoms with Crippen LogP contribution in [0.5, 0.6) is 0 Å². The van der Waals surface area contributed by atoms with E-state index in [0.29, 0.717) is 25.9 Å². The molecule has 1 atom stereocenters. The zero-order valence-corrected chi connectivity index (χ0v) is 17.2. The van der Waals surface area contributed by atoms with Crippen LogP contribution in [-0.2, 0) is 16.0 Å². The molecular weight excluding hydrogens is 372 g/mol. The number of nitrogens with one attached hydrogen (secondary N) is 1. The summed E-state index contributed by atoms with van der Waals surface area (Å²) in [5.74, 6) is 0.251. The number of hydrogen-bond acceptors (Lipinski definition) is 2. The van der Waals surface area contributed by atoms with E-state index in [1.165, 1.54) is 5.56 Å². The summed E-state index contributed by atoms with van der Waals surface area (Å²) in [7, 11) is 0. The zero-order chi connectivity index (χ0) is 20.9. The van der Waals surface area contributed by atoms with Crippen LogP contribution in [0.15, 0.2) is 78.9 Å². The topological polar surface area (TPSA) is 49.4 Å². The first-order chi connectivity index (χ1) is 14.6. The predicted octanol–water partition coefficient (Wildman–Crippen LogP) is 4.37. The fraction of sp³-hybridized carbons (Fsp3) is 0.231. The first kappa shape index (κ1) is 19.9. The number of rotatable bonds is 6. The van der Waals surface area contributed by atoms with Gasteiger partial charge in [0.15, 0.2) is 0 Å². The standard InChI is InChI=1S/C26H26N2O2/c1-19-7-13-24(14-8-19)28-18-21(16-26(28)30)17-27-25(29)15-20-9-11-23(12-10-20)22-5-3-2-4-6-22/h2-14,21H,15-18H2,1H3,(H,27,29). The lowest BCUT2D eigenvalue weighted by atomic mass is 10.0. The lowest BCUT2D eigenvalue weighted by molar-refractivity contribution is -0.121. The Morgan fingerprint density at radius 1 is 0.933 bits per heavy atom. The quantitative estimate of drug-likeness (QED) is 0.670. The number of carbonyl (C=O) groups is 2. The monoisotopic (exact) mass is 398 g/mol. The maximum absolute atomic E-state index is 12.4. The van der Waals surface area contributed by atoms with E-state index in [1.807, 2.05) is 78.6 Å². The van der Waals surface area contributed by atoms with E-state index in [1.54, 1.807) is 0 Å². The van der Waals surface area contributed by atoms with E-state index in [2.05, 4.69) is 17.4 Å². The fourth-order valence-electron chi connectivity index (χ4n) is 3.84. The highest BCUT2D eigenvalue weighted by atomic mass is 16.2. The highest BCUT2D eigenvalue weighted by Crippen LogP contribution is 2.25. The van der Waals surface area contributed by atoms with Crippen molar-refractivity contribution in [2.45, 2.75) is 19.8 Å². The Morgan fingerprint density at radius 3 is 2.30 bits per heavy atom. The summed E-state index contributed by atoms with van der Waals surface area (Å²) >= 11 is 0. The molecule has 1 aliphatic heterocycles. The number of hydrogen-bond donors (Lipinski definition) is 1. The molecule has 1 saturated heterocycles. The average Bonchev–Trinajstić information content (AvgIpc) is 3.14. The molecule has 3 aromatic carbocycles. The van der Waals surface area contributed by atoms with E-state index in [4.69, 9.17) is 0 Å². The molecule has 0 spiro atoms. The second-order valence-corrected chi connectivity index (χ2v) is 7.95. The van der Waals surface area contributed by atoms with Crippen molar-refractivity contribution in [3.05, 3.63) is 90.0 Å². The Morgan fingerprint density at radius 2 is 1.60 bits per heavy atom. The predicted molar refractivity (Wildman–Crippen MR) is 120 cm³/mol. The van der Waals surface area contributed by atoms with E-state index >= 15 is 0 Å². The van der Waals surface area contributed by atoms with Gasteiger partial charge >= 0.3 is 0 Å². The Hall–Kier alpha value is -3.40. The van der Waals surface area contributed by atoms with Crippen molar-refractivity contribution < 1.29 is 9.59 Å². The summed E-state index contributed by atoms with van der Waals surface area (Å²) in [6, 6.07) is 26.3. The van der Waals surface area contributed by atoms with Crippen LogP contribution in [0, 0.1) is 12.8 Å². The molecule has 152 valence electrons. The smallest absolute Gasteiger partial charge is 0.227 e. The first-order valence-electron chi connectivity index (χ1n) is 10.4. The number of anilines is 1. The molecule has 4 heteroatoms. The molecule has 0 saturated carbocycles. The van der Waals surface area contributed by atoms with E-state index in [9.17, 15) is 9.59 Å². The maximum atomic E-state index is 12.4. The van der Waals surface area contributed by atoms with Crippen molar-refractivity contribution in [3.8, 4) is 11.1 Å². The maximum Gasteiger partial charge on any atom is 0.227 e. The van der Waals surface area contributed by atoms with Gasteiger partial charge in [0.2, 0.25) is 11.8 Å². The van der Waals surface area contributed by atoms with Crippen molar-refractivity contribution in [1.82, 2.24) is 5.32 Å². The molecule has 2 amide bonds. The van der Waals surface area contributed by atoms with Crippen LogP contribution >= 0.6 is 0 Å². The average molecular weight is 399 g/mol. The Balaban J connectivity index is 1.28. The second-order valence-electron chi connectivity index (χ2n) is 7.95. The summed E-state index contributed by atoms with van der Waals surface area (Å²) in [6.07, 6.45) is 0.817. The molecule has 0 bridgehead atoms. The zero-order valence-electron chi connectivity index (χ0n) is 17.2. The molecule has 1 unspecified atom stereocenters. The van der Waals surface area contributed by atoms with E-state index in [0.717, 1.165) is 22.4 Å². The van der Waals surface area contributed by atoms with Crippen molar-refractivity contribution in [2.75, 3.05) is 18.0 Å². The molecule has 3 aromatic rings. The number of carbonyl (C=O) groups excluding carboxylic acids is 2. The van der Waals surface area contributed by atoms with Crippen LogP contribution in [0.1, 0.15) is 17.5 Å². The van der Waals surface area contributed by atoms with E-state index < -0.39 is 0 Å². The molecule has 1 fully saturated rings. The molecular formula is C26H26N2O2. The van der Waals surface area contributed by atoms with Gasteiger partial charge in [-0.15, -0.1) is 0 Å². The molecule has 1 heterocycles. The fourth-order valence-corrected chi connectivity index (χ4v) is 3.84. The summed E-state index contributed by atoms with van der Waals surface area (Å²) in [5.41, 5.74) is 5.39. The highest BCUT2D eigenvalue weighted by Gasteiger charge is 2.30. The van der Waals surface area contributed by atoms with Gasteiger partial charge in [0.1, 0.15) is 0 Å². The SMILES string of the molecule is Cc1ccc(N2CC(CNC(=O)Cc3ccc(-c4ccccc4)cc3)CC2=O)cc1. The van der Waals surface area contributed by atoms with E-state index in [-0.39, 0.29) is 17.7 Å². The third-order valence-electron chi connectivity index (χ3n) is 5.56. The molecule has 0 aliphatic carbocycles. The minimum atomic E-state index is -0.0105. The lowest BCUT2D eigenvalue weighted by Crippen LogP contribution is -2.32. The van der Waals surface area contributed by atoms with Gasteiger partial charge in [0, 0.05) is 31.1 Å². The summed E-state index contributed by atoms with van der Waals surface area (Å²) < 4.78 is 0. The number of nitrogens with zero attached hydrogens (tertiary/aromatic N) is 1. The van der Waals surface area contributed by atoms with Crippen LogP contribution in [0.3, 0.4) is 0 Å². The lowest BCUT2D eigenvalue weighted by Gasteiger charge is -2.17. The molecule has 1 N–H and O–H groups in total. The molecule has 0 radical (unpaired) electrons. The molecule has 1 aliphatic rings. The second kappa shape index (κ2) is 8.95. The molecule has 0 aromatic heterocycles. The van der Waals surface area contributed by atoms with Gasteiger partial charge in [0.05, 0.1) is 6.42 Å². The Kier molecular flexibility index (Phi) is 5.94. The molecule has 4 rings (SSSR count). The summed E-state index contributed by atoms with van der Waals surface area (Å²) in [5, 5.41) is 3.00. The number of amides is 2. The number of benzene rings is 3. The van der Waals surface area contributed by atoms with Gasteiger partial charge in [-0.05, 0) is 35.7 Å². The highest BCUT2D eigenvalue weighted by molar-refractivity contribution is 5.95. The van der Waals surface area contributed by atoms with Gasteiger partial charge in [-0.3, -0.25) is 9.59 Å². The Bertz CT molecular complexity index is 1010. The van der Waals surface area contributed by atoms with Gasteiger partial charge in [-0.1, -0.05) is 72.3 Å². The summed E-state index contributed by atoms with van der Waals surface area (Å²) in [4.78, 5) is 26.6. The van der Waals surface area contributed by atoms with Crippen LogP contribution < -0.4 is 10.2 Å². The number of aryl methyl sites for hydroxylation is 1. The molecule has 30 heavy (non-hydrogen) atoms. The van der Waals surface area contributed by atoms with Crippen LogP contribution in [0.4, 0.5) is 5.69 Å². The van der Waals surface area contributed by atoms with Crippen molar-refractivity contribution in [3.63, 3.8) is 0 Å². The normalized spacial score (nSPS) is 16.0.